The maximum atomic E-state index is 13.0. The van der Waals surface area contributed by atoms with Crippen molar-refractivity contribution in [3.63, 3.8) is 0 Å². The van der Waals surface area contributed by atoms with Crippen molar-refractivity contribution in [2.45, 2.75) is 356 Å². The molecule has 0 aromatic heterocycles. The summed E-state index contributed by atoms with van der Waals surface area (Å²) in [5.74, 6) is 0.888. The fraction of sp³-hybridized carbons (Fsp3) is 0.942. The van der Waals surface area contributed by atoms with E-state index in [4.69, 9.17) is 37.0 Å². The van der Waals surface area contributed by atoms with Gasteiger partial charge in [-0.2, -0.15) is 0 Å². The Morgan fingerprint density at radius 1 is 0.318 bits per heavy atom. The number of hydrogen-bond acceptors (Lipinski definition) is 15. The standard InChI is InChI=1S/C69H134O17P2/c1-9-61(7)47-39-31-23-15-11-12-16-25-33-41-49-66(71)79-55-64(86-69(74)52-44-36-27-19-18-24-32-40-48-62(8)10-2)57-83-87(75,76)81-53-63(70)54-82-88(77,78)84-58-65(56-80-67(72)50-42-34-28-20-22-30-38-46-60(5)6)85-68(73)51-43-35-26-17-13-14-21-29-37-45-59(3)4/h59-65,70H,9-58H2,1-8H3,(H,75,76)(H,77,78)/t61?,62?,63?,64-,65-/m1/s1. The average Bonchev–Trinajstić information content (AvgIpc) is 3.70. The number of phosphoric acid groups is 2. The second-order valence-electron chi connectivity index (χ2n) is 26.4. The molecule has 0 aliphatic rings. The second kappa shape index (κ2) is 58.8. The summed E-state index contributed by atoms with van der Waals surface area (Å²) in [4.78, 5) is 72.5. The summed E-state index contributed by atoms with van der Waals surface area (Å²) in [7, 11) is -9.90. The molecule has 0 heterocycles. The summed E-state index contributed by atoms with van der Waals surface area (Å²) in [6.45, 7) is 14.1. The molecule has 0 spiro atoms. The zero-order valence-corrected chi connectivity index (χ0v) is 59.1. The molecule has 19 heteroatoms. The Labute approximate surface area is 537 Å². The minimum absolute atomic E-state index is 0.104. The van der Waals surface area contributed by atoms with Crippen LogP contribution in [0.2, 0.25) is 0 Å². The van der Waals surface area contributed by atoms with Gasteiger partial charge < -0.3 is 33.8 Å². The van der Waals surface area contributed by atoms with Crippen LogP contribution in [0, 0.1) is 23.7 Å². The third-order valence-corrected chi connectivity index (χ3v) is 18.4. The third kappa shape index (κ3) is 60.3. The lowest BCUT2D eigenvalue weighted by Crippen LogP contribution is -2.30. The highest BCUT2D eigenvalue weighted by Gasteiger charge is 2.30. The largest absolute Gasteiger partial charge is 0.472 e. The van der Waals surface area contributed by atoms with E-state index in [2.05, 4.69) is 55.4 Å². The molecule has 0 aromatic rings. The lowest BCUT2D eigenvalue weighted by atomic mass is 9.99. The number of unbranched alkanes of at least 4 members (excludes halogenated alkanes) is 30. The fourth-order valence-corrected chi connectivity index (χ4v) is 11.8. The topological polar surface area (TPSA) is 237 Å². The van der Waals surface area contributed by atoms with E-state index in [9.17, 15) is 43.2 Å². The highest BCUT2D eigenvalue weighted by Crippen LogP contribution is 2.45. The van der Waals surface area contributed by atoms with E-state index in [0.717, 1.165) is 114 Å². The predicted molar refractivity (Wildman–Crippen MR) is 354 cm³/mol. The number of hydrogen-bond donors (Lipinski definition) is 3. The minimum atomic E-state index is -4.95. The van der Waals surface area contributed by atoms with Crippen molar-refractivity contribution in [1.82, 2.24) is 0 Å². The van der Waals surface area contributed by atoms with Crippen LogP contribution in [0.1, 0.15) is 338 Å². The summed E-state index contributed by atoms with van der Waals surface area (Å²) in [5.41, 5.74) is 0. The van der Waals surface area contributed by atoms with Crippen LogP contribution in [0.5, 0.6) is 0 Å². The molecule has 7 atom stereocenters. The van der Waals surface area contributed by atoms with Gasteiger partial charge in [0.05, 0.1) is 26.4 Å². The van der Waals surface area contributed by atoms with Crippen LogP contribution in [-0.2, 0) is 65.4 Å². The molecule has 0 fully saturated rings. The maximum Gasteiger partial charge on any atom is 0.472 e. The normalized spacial score (nSPS) is 14.9. The number of carbonyl (C=O) groups excluding carboxylic acids is 4. The Kier molecular flexibility index (Phi) is 57.6. The van der Waals surface area contributed by atoms with Crippen molar-refractivity contribution in [1.29, 1.82) is 0 Å². The molecule has 88 heavy (non-hydrogen) atoms. The zero-order chi connectivity index (χ0) is 65.4. The van der Waals surface area contributed by atoms with Crippen LogP contribution < -0.4 is 0 Å². The van der Waals surface area contributed by atoms with Crippen LogP contribution >= 0.6 is 15.6 Å². The minimum Gasteiger partial charge on any atom is -0.462 e. The van der Waals surface area contributed by atoms with Crippen molar-refractivity contribution in [3.8, 4) is 0 Å². The molecule has 5 unspecified atom stereocenters. The van der Waals surface area contributed by atoms with Crippen molar-refractivity contribution >= 4 is 39.5 Å². The SMILES string of the molecule is CCC(C)CCCCCCCCCCCCC(=O)OC[C@H](COP(=O)(O)OCC(O)COP(=O)(O)OC[C@@H](COC(=O)CCCCCCCCCC(C)C)OC(=O)CCCCCCCCCCCC(C)C)OC(=O)CCCCCCCCCCC(C)CC. The molecule has 17 nitrogen and oxygen atoms in total. The molecule has 522 valence electrons. The smallest absolute Gasteiger partial charge is 0.462 e. The molecular weight excluding hydrogens is 1160 g/mol. The second-order valence-corrected chi connectivity index (χ2v) is 29.3. The summed E-state index contributed by atoms with van der Waals surface area (Å²) in [5, 5.41) is 10.6. The van der Waals surface area contributed by atoms with Crippen molar-refractivity contribution in [2.75, 3.05) is 39.6 Å². The van der Waals surface area contributed by atoms with Crippen LogP contribution in [0.25, 0.3) is 0 Å². The first-order chi connectivity index (χ1) is 42.2. The van der Waals surface area contributed by atoms with Crippen LogP contribution in [0.3, 0.4) is 0 Å². The van der Waals surface area contributed by atoms with Crippen LogP contribution in [0.4, 0.5) is 0 Å². The number of esters is 4. The van der Waals surface area contributed by atoms with E-state index < -0.39 is 97.5 Å². The van der Waals surface area contributed by atoms with Crippen molar-refractivity contribution in [2.24, 2.45) is 23.7 Å². The van der Waals surface area contributed by atoms with Gasteiger partial charge in [-0.15, -0.1) is 0 Å². The van der Waals surface area contributed by atoms with Gasteiger partial charge in [-0.25, -0.2) is 9.13 Å². The quantitative estimate of drug-likeness (QED) is 0.0222. The zero-order valence-electron chi connectivity index (χ0n) is 57.3. The molecule has 0 aromatic carbocycles. The molecular formula is C69H134O17P2. The molecule has 0 aliphatic carbocycles. The first kappa shape index (κ1) is 86.1. The third-order valence-electron chi connectivity index (χ3n) is 16.5. The average molecular weight is 1300 g/mol. The van der Waals surface area contributed by atoms with Gasteiger partial charge in [0.1, 0.15) is 19.3 Å². The summed E-state index contributed by atoms with van der Waals surface area (Å²) >= 11 is 0. The molecule has 0 amide bonds. The molecule has 0 bridgehead atoms. The van der Waals surface area contributed by atoms with Gasteiger partial charge in [-0.1, -0.05) is 287 Å². The first-order valence-electron chi connectivity index (χ1n) is 35.8. The Hall–Kier alpha value is -1.94. The number of aliphatic hydroxyl groups excluding tert-OH is 1. The van der Waals surface area contributed by atoms with Gasteiger partial charge in [-0.3, -0.25) is 37.3 Å². The van der Waals surface area contributed by atoms with Gasteiger partial charge in [0.15, 0.2) is 12.2 Å². The summed E-state index contributed by atoms with van der Waals surface area (Å²) in [6, 6.07) is 0. The molecule has 0 saturated carbocycles. The number of phosphoric ester groups is 2. The summed E-state index contributed by atoms with van der Waals surface area (Å²) in [6.07, 6.45) is 40.2. The number of rotatable bonds is 66. The van der Waals surface area contributed by atoms with E-state index in [1.807, 2.05) is 0 Å². The Bertz CT molecular complexity index is 1750. The van der Waals surface area contributed by atoms with E-state index in [1.54, 1.807) is 0 Å². The first-order valence-corrected chi connectivity index (χ1v) is 38.8. The molecule has 0 rings (SSSR count). The lowest BCUT2D eigenvalue weighted by Gasteiger charge is -2.21. The lowest BCUT2D eigenvalue weighted by molar-refractivity contribution is -0.161. The maximum absolute atomic E-state index is 13.0. The fourth-order valence-electron chi connectivity index (χ4n) is 10.2. The molecule has 3 N–H and O–H groups in total. The molecule has 0 aliphatic heterocycles. The van der Waals surface area contributed by atoms with Gasteiger partial charge >= 0.3 is 39.5 Å². The van der Waals surface area contributed by atoms with Gasteiger partial charge in [0.25, 0.3) is 0 Å². The molecule has 0 radical (unpaired) electrons. The Morgan fingerprint density at radius 2 is 0.545 bits per heavy atom. The predicted octanol–water partition coefficient (Wildman–Crippen LogP) is 19.3. The molecule has 0 saturated heterocycles. The monoisotopic (exact) mass is 1300 g/mol. The van der Waals surface area contributed by atoms with E-state index in [1.165, 1.54) is 135 Å². The van der Waals surface area contributed by atoms with E-state index in [-0.39, 0.29) is 25.7 Å². The number of aliphatic hydroxyl groups is 1. The highest BCUT2D eigenvalue weighted by atomic mass is 31.2. The summed E-state index contributed by atoms with van der Waals surface area (Å²) < 4.78 is 68.2. The van der Waals surface area contributed by atoms with Gasteiger partial charge in [0.2, 0.25) is 0 Å². The van der Waals surface area contributed by atoms with E-state index in [0.29, 0.717) is 31.6 Å². The highest BCUT2D eigenvalue weighted by molar-refractivity contribution is 7.47. The van der Waals surface area contributed by atoms with Crippen LogP contribution in [-0.4, -0.2) is 96.7 Å². The van der Waals surface area contributed by atoms with Crippen LogP contribution in [0.15, 0.2) is 0 Å². The van der Waals surface area contributed by atoms with Gasteiger partial charge in [-0.05, 0) is 49.4 Å². The van der Waals surface area contributed by atoms with Crippen molar-refractivity contribution in [3.05, 3.63) is 0 Å². The van der Waals surface area contributed by atoms with Gasteiger partial charge in [0, 0.05) is 25.7 Å². The Morgan fingerprint density at radius 3 is 0.807 bits per heavy atom. The van der Waals surface area contributed by atoms with E-state index >= 15 is 0 Å². The Balaban J connectivity index is 5.27. The van der Waals surface area contributed by atoms with Crippen molar-refractivity contribution < 1.29 is 80.2 Å². The number of ether oxygens (including phenoxy) is 4. The number of carbonyl (C=O) groups is 4.